The average molecular weight is 263 g/mol. The Balaban J connectivity index is 4.39. The maximum absolute atomic E-state index is 10.4. The fraction of sp³-hybridized carbons (Fsp3) is 1.00. The Morgan fingerprint density at radius 2 is 1.60 bits per heavy atom. The number of rotatable bonds is 7. The van der Waals surface area contributed by atoms with Crippen LogP contribution in [0, 0.1) is 0 Å². The molecule has 92 valence electrons. The van der Waals surface area contributed by atoms with E-state index in [1.807, 2.05) is 0 Å². The summed E-state index contributed by atoms with van der Waals surface area (Å²) in [6, 6.07) is 0. The van der Waals surface area contributed by atoms with Crippen molar-refractivity contribution in [3.05, 3.63) is 0 Å². The zero-order chi connectivity index (χ0) is 12.1. The van der Waals surface area contributed by atoms with Crippen LogP contribution in [0.15, 0.2) is 0 Å². The van der Waals surface area contributed by atoms with Gasteiger partial charge in [-0.1, -0.05) is 0 Å². The highest BCUT2D eigenvalue weighted by atomic mass is 31.1. The van der Waals surface area contributed by atoms with E-state index < -0.39 is 22.5 Å². The minimum atomic E-state index is -3.46. The number of hydrogen-bond donors (Lipinski definition) is 3. The third-order valence-electron chi connectivity index (χ3n) is 1.37. The first-order valence-corrected chi connectivity index (χ1v) is 6.49. The van der Waals surface area contributed by atoms with Gasteiger partial charge in [0.05, 0.1) is 0 Å². The quantitative estimate of drug-likeness (QED) is 0.411. The molecule has 0 saturated heterocycles. The van der Waals surface area contributed by atoms with Crippen LogP contribution in [-0.2, 0) is 18.2 Å². The summed E-state index contributed by atoms with van der Waals surface area (Å²) in [6.07, 6.45) is -0.228. The van der Waals surface area contributed by atoms with E-state index in [0.717, 1.165) is 0 Å². The zero-order valence-corrected chi connectivity index (χ0v) is 10.3. The molecule has 2 atom stereocenters. The van der Waals surface area contributed by atoms with E-state index in [0.29, 0.717) is 0 Å². The lowest BCUT2D eigenvalue weighted by Gasteiger charge is -2.25. The monoisotopic (exact) mass is 263 g/mol. The summed E-state index contributed by atoms with van der Waals surface area (Å²) in [5, 5.41) is 9.46. The smallest absolute Gasteiger partial charge is 0.320 e. The molecule has 2 unspecified atom stereocenters. The van der Waals surface area contributed by atoms with Crippen molar-refractivity contribution in [2.75, 3.05) is 20.6 Å². The molecular weight excluding hydrogens is 248 g/mol. The SMILES string of the molecule is CN(C)CCC(O)(O[PH](=O)O)O[PH](=O)O. The molecule has 0 rings (SSSR count). The van der Waals surface area contributed by atoms with Crippen LogP contribution in [0.4, 0.5) is 0 Å². The fourth-order valence-corrected chi connectivity index (χ4v) is 1.68. The first-order chi connectivity index (χ1) is 6.75. The van der Waals surface area contributed by atoms with Crippen LogP contribution in [0.3, 0.4) is 0 Å². The van der Waals surface area contributed by atoms with Crippen LogP contribution in [0.5, 0.6) is 0 Å². The summed E-state index contributed by atoms with van der Waals surface area (Å²) in [4.78, 5) is 18.6. The maximum atomic E-state index is 10.4. The normalized spacial score (nSPS) is 19.9. The molecule has 0 aromatic carbocycles. The van der Waals surface area contributed by atoms with E-state index in [4.69, 9.17) is 9.79 Å². The molecule has 0 aliphatic heterocycles. The van der Waals surface area contributed by atoms with Gasteiger partial charge in [0.1, 0.15) is 0 Å². The molecular formula is C5H15NO7P2. The standard InChI is InChI=1S/C5H15NO7P2/c1-6(2)4-3-5(7,12-14(8)9)13-15(10)11/h7,14-15H,3-4H2,1-2H3,(H,8,9)(H,10,11). The molecule has 0 aliphatic carbocycles. The van der Waals surface area contributed by atoms with E-state index in [1.54, 1.807) is 19.0 Å². The Morgan fingerprint density at radius 1 is 1.20 bits per heavy atom. The van der Waals surface area contributed by atoms with Gasteiger partial charge in [-0.2, -0.15) is 0 Å². The van der Waals surface area contributed by atoms with Gasteiger partial charge in [0.25, 0.3) is 5.97 Å². The molecule has 0 aliphatic rings. The van der Waals surface area contributed by atoms with E-state index >= 15 is 0 Å². The molecule has 3 N–H and O–H groups in total. The van der Waals surface area contributed by atoms with Crippen LogP contribution in [0.2, 0.25) is 0 Å². The van der Waals surface area contributed by atoms with Crippen molar-refractivity contribution in [3.8, 4) is 0 Å². The van der Waals surface area contributed by atoms with Gasteiger partial charge in [-0.05, 0) is 14.1 Å². The Kier molecular flexibility index (Phi) is 6.83. The Labute approximate surface area is 88.3 Å². The van der Waals surface area contributed by atoms with Crippen LogP contribution < -0.4 is 0 Å². The maximum Gasteiger partial charge on any atom is 0.320 e. The van der Waals surface area contributed by atoms with E-state index in [1.165, 1.54) is 0 Å². The fourth-order valence-electron chi connectivity index (χ4n) is 0.761. The van der Waals surface area contributed by atoms with Crippen LogP contribution in [0.1, 0.15) is 6.42 Å². The lowest BCUT2D eigenvalue weighted by Crippen LogP contribution is -2.35. The number of aliphatic hydroxyl groups is 1. The van der Waals surface area contributed by atoms with E-state index in [-0.39, 0.29) is 13.0 Å². The summed E-state index contributed by atoms with van der Waals surface area (Å²) in [7, 11) is -3.55. The summed E-state index contributed by atoms with van der Waals surface area (Å²) < 4.78 is 29.1. The van der Waals surface area contributed by atoms with Crippen LogP contribution >= 0.6 is 16.5 Å². The predicted octanol–water partition coefficient (Wildman–Crippen LogP) is -0.619. The highest BCUT2D eigenvalue weighted by Crippen LogP contribution is 2.34. The average Bonchev–Trinajstić information content (AvgIpc) is 1.97. The highest BCUT2D eigenvalue weighted by Gasteiger charge is 2.33. The van der Waals surface area contributed by atoms with Crippen molar-refractivity contribution in [2.24, 2.45) is 0 Å². The molecule has 0 spiro atoms. The Morgan fingerprint density at radius 3 is 1.87 bits per heavy atom. The van der Waals surface area contributed by atoms with Gasteiger partial charge in [0.2, 0.25) is 0 Å². The van der Waals surface area contributed by atoms with Gasteiger partial charge in [-0.25, -0.2) is 0 Å². The van der Waals surface area contributed by atoms with Gasteiger partial charge in [-0.15, -0.1) is 0 Å². The lowest BCUT2D eigenvalue weighted by atomic mass is 10.3. The topological polar surface area (TPSA) is 117 Å². The second kappa shape index (κ2) is 6.73. The minimum absolute atomic E-state index is 0.228. The third-order valence-corrected chi connectivity index (χ3v) is 2.36. The minimum Gasteiger partial charge on any atom is -0.343 e. The van der Waals surface area contributed by atoms with Gasteiger partial charge in [-0.3, -0.25) is 18.2 Å². The molecule has 0 heterocycles. The van der Waals surface area contributed by atoms with Crippen molar-refractivity contribution in [2.45, 2.75) is 12.4 Å². The zero-order valence-electron chi connectivity index (χ0n) is 8.34. The van der Waals surface area contributed by atoms with Gasteiger partial charge in [0.15, 0.2) is 0 Å². The Hall–Kier alpha value is 0.220. The number of hydrogen-bond acceptors (Lipinski definition) is 6. The Bertz CT molecular complexity index is 230. The predicted molar refractivity (Wildman–Crippen MR) is 52.7 cm³/mol. The molecule has 0 radical (unpaired) electrons. The summed E-state index contributed by atoms with van der Waals surface area (Å²) >= 11 is 0. The number of nitrogens with zero attached hydrogens (tertiary/aromatic N) is 1. The molecule has 10 heteroatoms. The van der Waals surface area contributed by atoms with Gasteiger partial charge < -0.3 is 19.8 Å². The molecule has 15 heavy (non-hydrogen) atoms. The van der Waals surface area contributed by atoms with Crippen molar-refractivity contribution in [1.82, 2.24) is 4.90 Å². The van der Waals surface area contributed by atoms with Crippen molar-refractivity contribution < 1.29 is 33.1 Å². The van der Waals surface area contributed by atoms with Gasteiger partial charge in [0, 0.05) is 13.0 Å². The molecule has 0 bridgehead atoms. The second-order valence-electron chi connectivity index (χ2n) is 3.00. The summed E-state index contributed by atoms with van der Waals surface area (Å²) in [6.45, 7) is 0.251. The summed E-state index contributed by atoms with van der Waals surface area (Å²) in [5.41, 5.74) is 0. The third kappa shape index (κ3) is 8.07. The molecule has 0 saturated carbocycles. The van der Waals surface area contributed by atoms with Crippen molar-refractivity contribution in [3.63, 3.8) is 0 Å². The lowest BCUT2D eigenvalue weighted by molar-refractivity contribution is -0.277. The molecule has 0 aromatic heterocycles. The highest BCUT2D eigenvalue weighted by molar-refractivity contribution is 7.33. The molecule has 0 aromatic rings. The molecule has 0 amide bonds. The van der Waals surface area contributed by atoms with E-state index in [2.05, 4.69) is 9.05 Å². The van der Waals surface area contributed by atoms with Crippen molar-refractivity contribution >= 4 is 16.5 Å². The van der Waals surface area contributed by atoms with E-state index in [9.17, 15) is 14.2 Å². The first kappa shape index (κ1) is 15.2. The van der Waals surface area contributed by atoms with Crippen LogP contribution in [0.25, 0.3) is 0 Å². The second-order valence-corrected chi connectivity index (χ2v) is 4.47. The van der Waals surface area contributed by atoms with Gasteiger partial charge >= 0.3 is 16.5 Å². The van der Waals surface area contributed by atoms with Crippen LogP contribution in [-0.4, -0.2) is 46.4 Å². The molecule has 8 nitrogen and oxygen atoms in total. The summed E-state index contributed by atoms with van der Waals surface area (Å²) in [5.74, 6) is -2.50. The first-order valence-electron chi connectivity index (χ1n) is 3.96. The van der Waals surface area contributed by atoms with Crippen molar-refractivity contribution in [1.29, 1.82) is 0 Å². The molecule has 0 fully saturated rings. The largest absolute Gasteiger partial charge is 0.343 e.